The van der Waals surface area contributed by atoms with Crippen molar-refractivity contribution in [3.8, 4) is 0 Å². The van der Waals surface area contributed by atoms with E-state index in [-0.39, 0.29) is 11.8 Å². The number of nitrogens with two attached hydrogens (primary N) is 1. The number of carbonyl (C=O) groups is 1. The van der Waals surface area contributed by atoms with Crippen LogP contribution < -0.4 is 11.1 Å². The minimum Gasteiger partial charge on any atom is -0.320 e. The van der Waals surface area contributed by atoms with E-state index in [9.17, 15) is 4.79 Å². The number of nitrogens with one attached hydrogen (secondary N) is 1. The van der Waals surface area contributed by atoms with Crippen molar-refractivity contribution in [2.24, 2.45) is 17.6 Å². The summed E-state index contributed by atoms with van der Waals surface area (Å²) in [7, 11) is 0. The summed E-state index contributed by atoms with van der Waals surface area (Å²) in [6.45, 7) is 9.48. The van der Waals surface area contributed by atoms with E-state index in [0.717, 1.165) is 37.7 Å². The van der Waals surface area contributed by atoms with Gasteiger partial charge in [-0.25, -0.2) is 4.98 Å². The maximum atomic E-state index is 12.1. The van der Waals surface area contributed by atoms with Gasteiger partial charge in [0.05, 0.1) is 11.7 Å². The number of anilines is 1. The van der Waals surface area contributed by atoms with Gasteiger partial charge in [-0.2, -0.15) is 0 Å². The number of aromatic nitrogens is 1. The fraction of sp³-hybridized carbons (Fsp3) is 0.750. The number of hydrogen-bond donors (Lipinski definition) is 2. The summed E-state index contributed by atoms with van der Waals surface area (Å²) in [5.74, 6) is 0.802. The highest BCUT2D eigenvalue weighted by Gasteiger charge is 2.21. The van der Waals surface area contributed by atoms with E-state index in [1.165, 1.54) is 24.2 Å². The molecule has 0 saturated carbocycles. The monoisotopic (exact) mass is 324 g/mol. The lowest BCUT2D eigenvalue weighted by Gasteiger charge is -2.30. The molecule has 2 rings (SSSR count). The van der Waals surface area contributed by atoms with Crippen LogP contribution in [0.2, 0.25) is 0 Å². The zero-order valence-electron chi connectivity index (χ0n) is 13.8. The lowest BCUT2D eigenvalue weighted by molar-refractivity contribution is -0.118. The van der Waals surface area contributed by atoms with Crippen LogP contribution in [0.3, 0.4) is 0 Å². The number of hydrogen-bond acceptors (Lipinski definition) is 5. The van der Waals surface area contributed by atoms with Crippen LogP contribution in [0.15, 0.2) is 5.38 Å². The number of rotatable bonds is 6. The third-order valence-corrected chi connectivity index (χ3v) is 5.27. The third-order valence-electron chi connectivity index (χ3n) is 4.47. The van der Waals surface area contributed by atoms with Crippen LogP contribution in [-0.4, -0.2) is 34.9 Å². The van der Waals surface area contributed by atoms with Gasteiger partial charge in [0.15, 0.2) is 5.13 Å². The number of amides is 1. The number of thiazole rings is 1. The van der Waals surface area contributed by atoms with Crippen LogP contribution in [-0.2, 0) is 11.3 Å². The molecule has 1 saturated heterocycles. The van der Waals surface area contributed by atoms with Gasteiger partial charge in [-0.05, 0) is 31.2 Å². The van der Waals surface area contributed by atoms with Crippen molar-refractivity contribution in [3.63, 3.8) is 0 Å². The quantitative estimate of drug-likeness (QED) is 0.844. The Kier molecular flexibility index (Phi) is 6.35. The average Bonchev–Trinajstić information content (AvgIpc) is 2.92. The van der Waals surface area contributed by atoms with Gasteiger partial charge in [0, 0.05) is 18.5 Å². The molecule has 0 bridgehead atoms. The summed E-state index contributed by atoms with van der Waals surface area (Å²) in [4.78, 5) is 19.0. The molecule has 1 aliphatic rings. The van der Waals surface area contributed by atoms with E-state index in [0.29, 0.717) is 5.13 Å². The first-order valence-corrected chi connectivity index (χ1v) is 9.10. The molecular formula is C16H28N4OS. The van der Waals surface area contributed by atoms with Crippen LogP contribution >= 0.6 is 11.3 Å². The Hall–Kier alpha value is -0.980. The third kappa shape index (κ3) is 4.76. The Morgan fingerprint density at radius 2 is 2.41 bits per heavy atom. The topological polar surface area (TPSA) is 71.2 Å². The highest BCUT2D eigenvalue weighted by Crippen LogP contribution is 2.21. The molecule has 1 fully saturated rings. The number of carbonyl (C=O) groups excluding carboxylic acids is 1. The van der Waals surface area contributed by atoms with Gasteiger partial charge in [-0.3, -0.25) is 9.69 Å². The average molecular weight is 324 g/mol. The van der Waals surface area contributed by atoms with Crippen LogP contribution in [0.1, 0.15) is 45.7 Å². The summed E-state index contributed by atoms with van der Waals surface area (Å²) in [6, 6.07) is -0.472. The molecule has 1 aromatic rings. The van der Waals surface area contributed by atoms with E-state index in [4.69, 9.17) is 5.73 Å². The maximum absolute atomic E-state index is 12.1. The van der Waals surface area contributed by atoms with Crippen LogP contribution in [0.5, 0.6) is 0 Å². The van der Waals surface area contributed by atoms with Crippen molar-refractivity contribution < 1.29 is 4.79 Å². The normalized spacial score (nSPS) is 22.3. The first kappa shape index (κ1) is 17.4. The van der Waals surface area contributed by atoms with Crippen molar-refractivity contribution in [1.29, 1.82) is 0 Å². The molecule has 0 spiro atoms. The molecule has 5 nitrogen and oxygen atoms in total. The number of likely N-dealkylation sites (tertiary alicyclic amines) is 1. The number of nitrogens with zero attached hydrogens (tertiary/aromatic N) is 2. The highest BCUT2D eigenvalue weighted by molar-refractivity contribution is 7.13. The van der Waals surface area contributed by atoms with Gasteiger partial charge < -0.3 is 11.1 Å². The van der Waals surface area contributed by atoms with E-state index < -0.39 is 6.04 Å². The van der Waals surface area contributed by atoms with Crippen LogP contribution in [0.4, 0.5) is 5.13 Å². The van der Waals surface area contributed by atoms with Gasteiger partial charge in [0.25, 0.3) is 0 Å². The highest BCUT2D eigenvalue weighted by atomic mass is 32.1. The first-order chi connectivity index (χ1) is 10.5. The molecule has 1 aromatic heterocycles. The van der Waals surface area contributed by atoms with E-state index in [1.54, 1.807) is 0 Å². The van der Waals surface area contributed by atoms with Crippen molar-refractivity contribution in [3.05, 3.63) is 11.1 Å². The second kappa shape index (κ2) is 8.04. The van der Waals surface area contributed by atoms with Crippen molar-refractivity contribution >= 4 is 22.4 Å². The minimum atomic E-state index is -0.472. The molecule has 0 aliphatic carbocycles. The molecule has 3 N–H and O–H groups in total. The van der Waals surface area contributed by atoms with Gasteiger partial charge in [0.2, 0.25) is 5.91 Å². The molecule has 0 aromatic carbocycles. The molecule has 3 atom stereocenters. The first-order valence-electron chi connectivity index (χ1n) is 8.22. The summed E-state index contributed by atoms with van der Waals surface area (Å²) in [5.41, 5.74) is 6.98. The Balaban J connectivity index is 1.87. The molecular weight excluding hydrogens is 296 g/mol. The Labute approximate surface area is 137 Å². The zero-order valence-corrected chi connectivity index (χ0v) is 14.7. The largest absolute Gasteiger partial charge is 0.320 e. The second-order valence-corrected chi connectivity index (χ2v) is 7.39. The zero-order chi connectivity index (χ0) is 16.1. The smallest absolute Gasteiger partial charge is 0.243 e. The predicted octanol–water partition coefficient (Wildman–Crippen LogP) is 2.69. The number of piperidine rings is 1. The fourth-order valence-electron chi connectivity index (χ4n) is 2.80. The summed E-state index contributed by atoms with van der Waals surface area (Å²) in [6.07, 6.45) is 3.48. The molecule has 3 unspecified atom stereocenters. The van der Waals surface area contributed by atoms with Crippen molar-refractivity contribution in [2.75, 3.05) is 18.4 Å². The summed E-state index contributed by atoms with van der Waals surface area (Å²) in [5, 5.41) is 5.54. The van der Waals surface area contributed by atoms with Crippen molar-refractivity contribution in [2.45, 2.75) is 52.6 Å². The van der Waals surface area contributed by atoms with E-state index in [2.05, 4.69) is 22.1 Å². The standard InChI is InChI=1S/C16H28N4OS/c1-4-12(3)14(17)15(21)19-16-18-13(10-22-16)9-20-7-5-6-11(2)8-20/h10-12,14H,4-9,17H2,1-3H3,(H,18,19,21). The molecule has 1 amide bonds. The lowest BCUT2D eigenvalue weighted by Crippen LogP contribution is -2.40. The predicted molar refractivity (Wildman–Crippen MR) is 91.8 cm³/mol. The fourth-order valence-corrected chi connectivity index (χ4v) is 3.50. The second-order valence-electron chi connectivity index (χ2n) is 6.53. The summed E-state index contributed by atoms with van der Waals surface area (Å²) >= 11 is 1.48. The minimum absolute atomic E-state index is 0.137. The SMILES string of the molecule is CCC(C)C(N)C(=O)Nc1nc(CN2CCCC(C)C2)cs1. The van der Waals surface area contributed by atoms with Crippen LogP contribution in [0.25, 0.3) is 0 Å². The van der Waals surface area contributed by atoms with Crippen molar-refractivity contribution in [1.82, 2.24) is 9.88 Å². The van der Waals surface area contributed by atoms with Gasteiger partial charge in [0.1, 0.15) is 0 Å². The molecule has 22 heavy (non-hydrogen) atoms. The molecule has 2 heterocycles. The Bertz CT molecular complexity index is 490. The molecule has 124 valence electrons. The van der Waals surface area contributed by atoms with Gasteiger partial charge >= 0.3 is 0 Å². The Morgan fingerprint density at radius 1 is 1.64 bits per heavy atom. The Morgan fingerprint density at radius 3 is 3.09 bits per heavy atom. The van der Waals surface area contributed by atoms with Gasteiger partial charge in [-0.1, -0.05) is 27.2 Å². The summed E-state index contributed by atoms with van der Waals surface area (Å²) < 4.78 is 0. The van der Waals surface area contributed by atoms with E-state index >= 15 is 0 Å². The lowest BCUT2D eigenvalue weighted by atomic mass is 10.00. The van der Waals surface area contributed by atoms with Gasteiger partial charge in [-0.15, -0.1) is 11.3 Å². The molecule has 1 aliphatic heterocycles. The maximum Gasteiger partial charge on any atom is 0.243 e. The van der Waals surface area contributed by atoms with E-state index in [1.807, 2.05) is 19.2 Å². The molecule has 0 radical (unpaired) electrons. The van der Waals surface area contributed by atoms with Crippen LogP contribution in [0, 0.1) is 11.8 Å². The molecule has 6 heteroatoms.